The molecule has 0 aliphatic carbocycles. The second kappa shape index (κ2) is 9.00. The average Bonchev–Trinajstić information content (AvgIpc) is 3.44. The molecule has 3 heteroatoms. The van der Waals surface area contributed by atoms with Crippen LogP contribution in [0, 0.1) is 19.3 Å². The van der Waals surface area contributed by atoms with Crippen molar-refractivity contribution < 1.29 is 0 Å². The Morgan fingerprint density at radius 1 is 0.811 bits per heavy atom. The highest BCUT2D eigenvalue weighted by molar-refractivity contribution is 7.17. The number of nitrogens with zero attached hydrogens (tertiary/aromatic N) is 2. The lowest BCUT2D eigenvalue weighted by Gasteiger charge is -2.18. The fourth-order valence-corrected chi connectivity index (χ4v) is 6.57. The van der Waals surface area contributed by atoms with Gasteiger partial charge in [0, 0.05) is 26.7 Å². The first-order valence-corrected chi connectivity index (χ1v) is 13.8. The lowest BCUT2D eigenvalue weighted by Crippen LogP contribution is -2.08. The third-order valence-corrected chi connectivity index (χ3v) is 7.96. The Labute approximate surface area is 223 Å². The van der Waals surface area contributed by atoms with Crippen molar-refractivity contribution in [1.82, 2.24) is 9.55 Å². The summed E-state index contributed by atoms with van der Waals surface area (Å²) >= 11 is 1.82. The molecule has 6 rings (SSSR count). The molecule has 0 atom stereocenters. The van der Waals surface area contributed by atoms with Gasteiger partial charge in [-0.3, -0.25) is 4.57 Å². The van der Waals surface area contributed by atoms with Gasteiger partial charge in [0.05, 0.1) is 11.0 Å². The quantitative estimate of drug-likeness (QED) is 0.235. The standard InChI is InChI=1S/C34H32N2S/c1-22-17-26(18-23(2)32(22)25-11-7-6-8-12-25)36-30-14-10-9-13-29(30)35-33(36)28-21-37-31-19-24(15-16-27(28)31)20-34(3,4)5/h6-19,21H,20H2,1-5H3. The van der Waals surface area contributed by atoms with E-state index in [0.717, 1.165) is 29.0 Å². The van der Waals surface area contributed by atoms with E-state index in [-0.39, 0.29) is 5.41 Å². The molecule has 2 nitrogen and oxygen atoms in total. The monoisotopic (exact) mass is 500 g/mol. The molecule has 2 heterocycles. The van der Waals surface area contributed by atoms with Crippen molar-refractivity contribution in [3.63, 3.8) is 0 Å². The Morgan fingerprint density at radius 2 is 1.51 bits per heavy atom. The lowest BCUT2D eigenvalue weighted by molar-refractivity contribution is 0.411. The van der Waals surface area contributed by atoms with Crippen LogP contribution < -0.4 is 0 Å². The minimum absolute atomic E-state index is 0.267. The zero-order chi connectivity index (χ0) is 25.7. The number of hydrogen-bond acceptors (Lipinski definition) is 2. The largest absolute Gasteiger partial charge is 0.292 e. The molecule has 0 N–H and O–H groups in total. The predicted octanol–water partition coefficient (Wildman–Crippen LogP) is 9.78. The van der Waals surface area contributed by atoms with Gasteiger partial charge in [-0.25, -0.2) is 4.98 Å². The maximum atomic E-state index is 5.17. The molecular formula is C34H32N2S. The molecule has 0 aliphatic rings. The molecule has 0 saturated carbocycles. The molecule has 4 aromatic carbocycles. The first-order chi connectivity index (χ1) is 17.8. The van der Waals surface area contributed by atoms with Crippen LogP contribution in [0.3, 0.4) is 0 Å². The molecule has 6 aromatic rings. The van der Waals surface area contributed by atoms with Crippen LogP contribution in [-0.4, -0.2) is 9.55 Å². The van der Waals surface area contributed by atoms with Crippen LogP contribution in [0.2, 0.25) is 0 Å². The van der Waals surface area contributed by atoms with Crippen molar-refractivity contribution in [3.05, 3.63) is 107 Å². The van der Waals surface area contributed by atoms with Crippen molar-refractivity contribution in [2.75, 3.05) is 0 Å². The molecular weight excluding hydrogens is 468 g/mol. The van der Waals surface area contributed by atoms with Gasteiger partial charge in [0.2, 0.25) is 0 Å². The summed E-state index contributed by atoms with van der Waals surface area (Å²) in [5.74, 6) is 1.00. The SMILES string of the molecule is Cc1cc(-n2c(-c3csc4cc(CC(C)(C)C)ccc34)nc3ccccc32)cc(C)c1-c1ccccc1. The third-order valence-electron chi connectivity index (χ3n) is 7.01. The molecule has 0 aliphatic heterocycles. The Balaban J connectivity index is 1.54. The van der Waals surface area contributed by atoms with Crippen molar-refractivity contribution in [1.29, 1.82) is 0 Å². The molecule has 0 unspecified atom stereocenters. The number of imidazole rings is 1. The van der Waals surface area contributed by atoms with E-state index in [4.69, 9.17) is 4.98 Å². The number of thiophene rings is 1. The van der Waals surface area contributed by atoms with E-state index >= 15 is 0 Å². The van der Waals surface area contributed by atoms with E-state index < -0.39 is 0 Å². The van der Waals surface area contributed by atoms with Crippen molar-refractivity contribution >= 4 is 32.5 Å². The normalized spacial score (nSPS) is 12.0. The highest BCUT2D eigenvalue weighted by Gasteiger charge is 2.20. The van der Waals surface area contributed by atoms with Crippen LogP contribution >= 0.6 is 11.3 Å². The summed E-state index contributed by atoms with van der Waals surface area (Å²) in [6.07, 6.45) is 1.07. The van der Waals surface area contributed by atoms with E-state index in [0.29, 0.717) is 0 Å². The van der Waals surface area contributed by atoms with Crippen LogP contribution in [0.25, 0.3) is 49.3 Å². The first-order valence-electron chi connectivity index (χ1n) is 12.9. The molecule has 0 fully saturated rings. The molecule has 0 bridgehead atoms. The molecule has 0 saturated heterocycles. The predicted molar refractivity (Wildman–Crippen MR) is 160 cm³/mol. The van der Waals surface area contributed by atoms with Crippen molar-refractivity contribution in [3.8, 4) is 28.2 Å². The number of aromatic nitrogens is 2. The molecule has 184 valence electrons. The summed E-state index contributed by atoms with van der Waals surface area (Å²) in [5.41, 5.74) is 11.3. The summed E-state index contributed by atoms with van der Waals surface area (Å²) in [7, 11) is 0. The van der Waals surface area contributed by atoms with Gasteiger partial charge in [0.1, 0.15) is 5.82 Å². The van der Waals surface area contributed by atoms with Crippen LogP contribution in [0.4, 0.5) is 0 Å². The second-order valence-electron chi connectivity index (χ2n) is 11.3. The summed E-state index contributed by atoms with van der Waals surface area (Å²) in [6.45, 7) is 11.3. The topological polar surface area (TPSA) is 17.8 Å². The van der Waals surface area contributed by atoms with Gasteiger partial charge >= 0.3 is 0 Å². The average molecular weight is 501 g/mol. The van der Waals surface area contributed by atoms with Crippen LogP contribution in [0.15, 0.2) is 90.3 Å². The van der Waals surface area contributed by atoms with Crippen molar-refractivity contribution in [2.24, 2.45) is 5.41 Å². The molecule has 37 heavy (non-hydrogen) atoms. The minimum Gasteiger partial charge on any atom is -0.292 e. The highest BCUT2D eigenvalue weighted by atomic mass is 32.1. The van der Waals surface area contributed by atoms with Gasteiger partial charge in [-0.15, -0.1) is 11.3 Å². The molecule has 0 amide bonds. The summed E-state index contributed by atoms with van der Waals surface area (Å²) in [4.78, 5) is 5.17. The van der Waals surface area contributed by atoms with Crippen molar-refractivity contribution in [2.45, 2.75) is 41.0 Å². The van der Waals surface area contributed by atoms with Crippen LogP contribution in [0.1, 0.15) is 37.5 Å². The Kier molecular flexibility index (Phi) is 5.77. The number of aryl methyl sites for hydroxylation is 2. The maximum absolute atomic E-state index is 5.17. The van der Waals surface area contributed by atoms with E-state index in [1.807, 2.05) is 11.3 Å². The lowest BCUT2D eigenvalue weighted by atomic mass is 9.88. The van der Waals surface area contributed by atoms with Gasteiger partial charge in [0.15, 0.2) is 0 Å². The zero-order valence-corrected chi connectivity index (χ0v) is 23.0. The van der Waals surface area contributed by atoms with Gasteiger partial charge in [-0.05, 0) is 83.8 Å². The summed E-state index contributed by atoms with van der Waals surface area (Å²) in [6, 6.07) is 30.7. The van der Waals surface area contributed by atoms with E-state index in [1.54, 1.807) is 0 Å². The first kappa shape index (κ1) is 23.7. The van der Waals surface area contributed by atoms with E-state index in [1.165, 1.54) is 43.5 Å². The smallest absolute Gasteiger partial charge is 0.147 e. The zero-order valence-electron chi connectivity index (χ0n) is 22.2. The summed E-state index contributed by atoms with van der Waals surface area (Å²) in [5, 5.41) is 3.55. The second-order valence-corrected chi connectivity index (χ2v) is 12.2. The highest BCUT2D eigenvalue weighted by Crippen LogP contribution is 2.39. The van der Waals surface area contributed by atoms with Crippen LogP contribution in [0.5, 0.6) is 0 Å². The van der Waals surface area contributed by atoms with E-state index in [2.05, 4.69) is 129 Å². The summed E-state index contributed by atoms with van der Waals surface area (Å²) < 4.78 is 3.66. The van der Waals surface area contributed by atoms with Crippen LogP contribution in [-0.2, 0) is 6.42 Å². The molecule has 2 aromatic heterocycles. The number of para-hydroxylation sites is 2. The molecule has 0 spiro atoms. The Morgan fingerprint density at radius 3 is 2.24 bits per heavy atom. The number of benzene rings is 4. The maximum Gasteiger partial charge on any atom is 0.147 e. The van der Waals surface area contributed by atoms with Gasteiger partial charge in [-0.2, -0.15) is 0 Å². The fourth-order valence-electron chi connectivity index (χ4n) is 5.57. The molecule has 0 radical (unpaired) electrons. The number of hydrogen-bond donors (Lipinski definition) is 0. The van der Waals surface area contributed by atoms with Gasteiger partial charge < -0.3 is 0 Å². The minimum atomic E-state index is 0.267. The number of rotatable bonds is 4. The third kappa shape index (κ3) is 4.38. The van der Waals surface area contributed by atoms with E-state index in [9.17, 15) is 0 Å². The van der Waals surface area contributed by atoms with Gasteiger partial charge in [-0.1, -0.05) is 75.4 Å². The Bertz CT molecular complexity index is 1720. The number of fused-ring (bicyclic) bond motifs is 2. The fraction of sp³-hybridized carbons (Fsp3) is 0.206. The van der Waals surface area contributed by atoms with Gasteiger partial charge in [0.25, 0.3) is 0 Å². The Hall–Kier alpha value is -3.69.